The Morgan fingerprint density at radius 3 is 2.64 bits per heavy atom. The average Bonchev–Trinajstić information content (AvgIpc) is 2.18. The molecule has 0 spiro atoms. The normalized spacial score (nSPS) is 10.8. The van der Waals surface area contributed by atoms with Gasteiger partial charge in [-0.1, -0.05) is 12.2 Å². The van der Waals surface area contributed by atoms with Crippen molar-refractivity contribution in [1.82, 2.24) is 0 Å². The van der Waals surface area contributed by atoms with Gasteiger partial charge in [0.25, 0.3) is 0 Å². The maximum absolute atomic E-state index is 12.7. The van der Waals surface area contributed by atoms with Crippen molar-refractivity contribution in [2.45, 2.75) is 0 Å². The second kappa shape index (κ2) is 5.60. The van der Waals surface area contributed by atoms with Crippen LogP contribution in [0.15, 0.2) is 30.4 Å². The maximum Gasteiger partial charge on any atom is 0.162 e. The third-order valence-corrected chi connectivity index (χ3v) is 1.67. The molecule has 0 aromatic heterocycles. The van der Waals surface area contributed by atoms with Crippen LogP contribution in [0.2, 0.25) is 0 Å². The minimum atomic E-state index is -0.913. The second-order valence-corrected chi connectivity index (χ2v) is 2.82. The summed E-state index contributed by atoms with van der Waals surface area (Å²) in [4.78, 5) is 0. The predicted molar refractivity (Wildman–Crippen MR) is 51.7 cm³/mol. The first kappa shape index (κ1) is 11.0. The van der Waals surface area contributed by atoms with E-state index in [1.54, 1.807) is 12.2 Å². The number of hydrogen-bond donors (Lipinski definition) is 0. The molecule has 0 aliphatic rings. The van der Waals surface area contributed by atoms with Crippen molar-refractivity contribution in [1.29, 1.82) is 0 Å². The molecule has 0 unspecified atom stereocenters. The fourth-order valence-corrected chi connectivity index (χ4v) is 0.968. The van der Waals surface area contributed by atoms with Gasteiger partial charge in [-0.15, -0.1) is 11.6 Å². The summed E-state index contributed by atoms with van der Waals surface area (Å²) in [7, 11) is 0. The Bertz CT molecular complexity index is 326. The maximum atomic E-state index is 12.7. The molecule has 76 valence electrons. The lowest BCUT2D eigenvalue weighted by molar-refractivity contribution is 0.358. The highest BCUT2D eigenvalue weighted by Gasteiger charge is 2.01. The Labute approximate surface area is 85.9 Å². The van der Waals surface area contributed by atoms with Crippen molar-refractivity contribution in [3.8, 4) is 5.75 Å². The van der Waals surface area contributed by atoms with Gasteiger partial charge in [0, 0.05) is 11.9 Å². The quantitative estimate of drug-likeness (QED) is 0.557. The molecule has 0 aliphatic heterocycles. The zero-order chi connectivity index (χ0) is 10.4. The van der Waals surface area contributed by atoms with E-state index in [0.29, 0.717) is 11.6 Å². The smallest absolute Gasteiger partial charge is 0.162 e. The lowest BCUT2D eigenvalue weighted by atomic mass is 10.3. The van der Waals surface area contributed by atoms with Crippen LogP contribution in [0.5, 0.6) is 5.75 Å². The van der Waals surface area contributed by atoms with Crippen molar-refractivity contribution in [3.05, 3.63) is 42.0 Å². The molecular weight excluding hydrogens is 210 g/mol. The van der Waals surface area contributed by atoms with E-state index in [1.807, 2.05) is 0 Å². The highest BCUT2D eigenvalue weighted by molar-refractivity contribution is 6.18. The molecule has 14 heavy (non-hydrogen) atoms. The summed E-state index contributed by atoms with van der Waals surface area (Å²) >= 11 is 5.38. The summed E-state index contributed by atoms with van der Waals surface area (Å²) in [6.07, 6.45) is 3.41. The third-order valence-electron chi connectivity index (χ3n) is 1.49. The summed E-state index contributed by atoms with van der Waals surface area (Å²) in [6.45, 7) is 0.289. The Morgan fingerprint density at radius 2 is 2.00 bits per heavy atom. The molecule has 4 heteroatoms. The van der Waals surface area contributed by atoms with E-state index in [0.717, 1.165) is 12.1 Å². The van der Waals surface area contributed by atoms with Gasteiger partial charge in [0.15, 0.2) is 11.6 Å². The number of benzene rings is 1. The van der Waals surface area contributed by atoms with E-state index in [-0.39, 0.29) is 6.61 Å². The van der Waals surface area contributed by atoms with Crippen LogP contribution < -0.4 is 4.74 Å². The largest absolute Gasteiger partial charge is 0.489 e. The standard InChI is InChI=1S/C10H9ClF2O/c11-5-1-2-6-14-8-3-4-9(12)10(13)7-8/h1-4,7H,5-6H2. The minimum absolute atomic E-state index is 0.289. The van der Waals surface area contributed by atoms with Crippen molar-refractivity contribution >= 4 is 11.6 Å². The van der Waals surface area contributed by atoms with Crippen LogP contribution in [-0.2, 0) is 0 Å². The number of halogens is 3. The van der Waals surface area contributed by atoms with Crippen LogP contribution in [0, 0.1) is 11.6 Å². The molecule has 0 atom stereocenters. The number of alkyl halides is 1. The molecule has 1 aromatic carbocycles. The van der Waals surface area contributed by atoms with Crippen LogP contribution in [0.3, 0.4) is 0 Å². The van der Waals surface area contributed by atoms with Crippen LogP contribution in [0.25, 0.3) is 0 Å². The molecule has 0 saturated carbocycles. The summed E-state index contributed by atoms with van der Waals surface area (Å²) in [5.41, 5.74) is 0. The molecule has 0 saturated heterocycles. The number of hydrogen-bond acceptors (Lipinski definition) is 1. The molecule has 1 nitrogen and oxygen atoms in total. The van der Waals surface area contributed by atoms with Gasteiger partial charge in [0.2, 0.25) is 0 Å². The topological polar surface area (TPSA) is 9.23 Å². The van der Waals surface area contributed by atoms with E-state index >= 15 is 0 Å². The monoisotopic (exact) mass is 218 g/mol. The van der Waals surface area contributed by atoms with Gasteiger partial charge in [0.1, 0.15) is 12.4 Å². The van der Waals surface area contributed by atoms with Gasteiger partial charge >= 0.3 is 0 Å². The first-order chi connectivity index (χ1) is 6.74. The minimum Gasteiger partial charge on any atom is -0.489 e. The van der Waals surface area contributed by atoms with E-state index in [9.17, 15) is 8.78 Å². The molecular formula is C10H9ClF2O. The molecule has 1 rings (SSSR count). The molecule has 0 N–H and O–H groups in total. The summed E-state index contributed by atoms with van der Waals surface area (Å²) in [5.74, 6) is -1.10. The van der Waals surface area contributed by atoms with Crippen molar-refractivity contribution in [2.75, 3.05) is 12.5 Å². The highest BCUT2D eigenvalue weighted by atomic mass is 35.5. The fraction of sp³-hybridized carbons (Fsp3) is 0.200. The Balaban J connectivity index is 2.51. The Hall–Kier alpha value is -1.09. The molecule has 1 aromatic rings. The Kier molecular flexibility index (Phi) is 4.40. The second-order valence-electron chi connectivity index (χ2n) is 2.51. The zero-order valence-corrected chi connectivity index (χ0v) is 8.10. The zero-order valence-electron chi connectivity index (χ0n) is 7.34. The highest BCUT2D eigenvalue weighted by Crippen LogP contribution is 2.15. The summed E-state index contributed by atoms with van der Waals surface area (Å²) in [6, 6.07) is 3.40. The van der Waals surface area contributed by atoms with Crippen LogP contribution in [0.1, 0.15) is 0 Å². The van der Waals surface area contributed by atoms with E-state index in [2.05, 4.69) is 0 Å². The number of ether oxygens (including phenoxy) is 1. The first-order valence-electron chi connectivity index (χ1n) is 4.03. The van der Waals surface area contributed by atoms with Crippen LogP contribution >= 0.6 is 11.6 Å². The predicted octanol–water partition coefficient (Wildman–Crippen LogP) is 3.14. The van der Waals surface area contributed by atoms with Crippen molar-refractivity contribution in [2.24, 2.45) is 0 Å². The van der Waals surface area contributed by atoms with Gasteiger partial charge in [-0.25, -0.2) is 8.78 Å². The number of rotatable bonds is 4. The van der Waals surface area contributed by atoms with Crippen LogP contribution in [0.4, 0.5) is 8.78 Å². The van der Waals surface area contributed by atoms with Crippen LogP contribution in [-0.4, -0.2) is 12.5 Å². The van der Waals surface area contributed by atoms with Gasteiger partial charge in [-0.3, -0.25) is 0 Å². The molecule has 0 radical (unpaired) electrons. The van der Waals surface area contributed by atoms with Crippen molar-refractivity contribution in [3.63, 3.8) is 0 Å². The fourth-order valence-electron chi connectivity index (χ4n) is 0.842. The summed E-state index contributed by atoms with van der Waals surface area (Å²) in [5, 5.41) is 0. The third kappa shape index (κ3) is 3.34. The van der Waals surface area contributed by atoms with E-state index in [1.165, 1.54) is 6.07 Å². The van der Waals surface area contributed by atoms with Gasteiger partial charge in [-0.05, 0) is 12.1 Å². The first-order valence-corrected chi connectivity index (χ1v) is 4.56. The number of allylic oxidation sites excluding steroid dienone is 1. The summed E-state index contributed by atoms with van der Waals surface area (Å²) < 4.78 is 30.2. The van der Waals surface area contributed by atoms with E-state index in [4.69, 9.17) is 16.3 Å². The Morgan fingerprint density at radius 1 is 1.21 bits per heavy atom. The van der Waals surface area contributed by atoms with E-state index < -0.39 is 11.6 Å². The molecule has 0 heterocycles. The van der Waals surface area contributed by atoms with Gasteiger partial charge in [0.05, 0.1) is 0 Å². The molecule has 0 amide bonds. The molecule has 0 aliphatic carbocycles. The van der Waals surface area contributed by atoms with Gasteiger partial charge < -0.3 is 4.74 Å². The average molecular weight is 219 g/mol. The lowest BCUT2D eigenvalue weighted by Gasteiger charge is -2.02. The SMILES string of the molecule is Fc1ccc(OCC=CCCl)cc1F. The van der Waals surface area contributed by atoms with Crippen molar-refractivity contribution < 1.29 is 13.5 Å². The molecule has 0 bridgehead atoms. The lowest BCUT2D eigenvalue weighted by Crippen LogP contribution is -1.94. The van der Waals surface area contributed by atoms with Gasteiger partial charge in [-0.2, -0.15) is 0 Å². The molecule has 0 fully saturated rings.